The van der Waals surface area contributed by atoms with Crippen LogP contribution in [-0.2, 0) is 6.42 Å². The molecule has 0 aromatic carbocycles. The number of aryl methyl sites for hydroxylation is 1. The van der Waals surface area contributed by atoms with E-state index in [1.165, 1.54) is 4.88 Å². The first kappa shape index (κ1) is 8.16. The van der Waals surface area contributed by atoms with Crippen LogP contribution in [0.5, 0.6) is 0 Å². The molecule has 1 aliphatic rings. The quantitative estimate of drug-likeness (QED) is 0.696. The zero-order chi connectivity index (χ0) is 8.60. The van der Waals surface area contributed by atoms with E-state index in [0.717, 1.165) is 11.4 Å². The van der Waals surface area contributed by atoms with Crippen LogP contribution in [0, 0.1) is 6.92 Å². The van der Waals surface area contributed by atoms with Crippen molar-refractivity contribution >= 4 is 11.3 Å². The number of thiazole rings is 1. The van der Waals surface area contributed by atoms with Gasteiger partial charge in [-0.2, -0.15) is 0 Å². The third kappa shape index (κ3) is 1.50. The average Bonchev–Trinajstić information content (AvgIpc) is 2.32. The molecule has 2 heterocycles. The van der Waals surface area contributed by atoms with Crippen LogP contribution < -0.4 is 5.32 Å². The van der Waals surface area contributed by atoms with Gasteiger partial charge in [0.15, 0.2) is 0 Å². The molecule has 66 valence electrons. The molecule has 1 aromatic heterocycles. The third-order valence-electron chi connectivity index (χ3n) is 2.08. The van der Waals surface area contributed by atoms with Crippen LogP contribution in [-0.4, -0.2) is 28.8 Å². The summed E-state index contributed by atoms with van der Waals surface area (Å²) in [5.74, 6) is 0. The second-order valence-corrected chi connectivity index (χ2v) is 4.67. The van der Waals surface area contributed by atoms with E-state index in [0.29, 0.717) is 13.1 Å². The van der Waals surface area contributed by atoms with Gasteiger partial charge in [0, 0.05) is 30.6 Å². The molecule has 1 fully saturated rings. The minimum absolute atomic E-state index is 0.501. The van der Waals surface area contributed by atoms with Crippen molar-refractivity contribution in [2.45, 2.75) is 18.9 Å². The molecule has 1 saturated heterocycles. The van der Waals surface area contributed by atoms with Gasteiger partial charge in [0.25, 0.3) is 0 Å². The molecule has 2 N–H and O–H groups in total. The van der Waals surface area contributed by atoms with Gasteiger partial charge in [-0.3, -0.25) is 0 Å². The van der Waals surface area contributed by atoms with Crippen molar-refractivity contribution in [3.63, 3.8) is 0 Å². The van der Waals surface area contributed by atoms with Crippen LogP contribution in [0.25, 0.3) is 0 Å². The Morgan fingerprint density at radius 2 is 2.50 bits per heavy atom. The molecule has 0 radical (unpaired) electrons. The zero-order valence-corrected chi connectivity index (χ0v) is 7.82. The largest absolute Gasteiger partial charge is 0.387 e. The Balaban J connectivity index is 2.03. The summed E-state index contributed by atoms with van der Waals surface area (Å²) in [6.07, 6.45) is 2.60. The number of hydrogen-bond acceptors (Lipinski definition) is 4. The van der Waals surface area contributed by atoms with Crippen molar-refractivity contribution in [1.82, 2.24) is 10.3 Å². The van der Waals surface area contributed by atoms with E-state index in [1.807, 2.05) is 13.1 Å². The highest BCUT2D eigenvalue weighted by atomic mass is 32.1. The van der Waals surface area contributed by atoms with Crippen molar-refractivity contribution in [1.29, 1.82) is 0 Å². The average molecular weight is 184 g/mol. The minimum Gasteiger partial charge on any atom is -0.387 e. The van der Waals surface area contributed by atoms with Gasteiger partial charge in [0.1, 0.15) is 0 Å². The van der Waals surface area contributed by atoms with Crippen LogP contribution >= 0.6 is 11.3 Å². The lowest BCUT2D eigenvalue weighted by atomic mass is 9.93. The molecule has 1 aliphatic heterocycles. The Bertz CT molecular complexity index is 280. The van der Waals surface area contributed by atoms with Gasteiger partial charge >= 0.3 is 0 Å². The van der Waals surface area contributed by atoms with Crippen LogP contribution in [0.4, 0.5) is 0 Å². The Morgan fingerprint density at radius 1 is 1.75 bits per heavy atom. The van der Waals surface area contributed by atoms with Crippen molar-refractivity contribution in [2.75, 3.05) is 13.1 Å². The Hall–Kier alpha value is -0.450. The minimum atomic E-state index is -0.501. The highest BCUT2D eigenvalue weighted by Crippen LogP contribution is 2.21. The molecule has 3 nitrogen and oxygen atoms in total. The van der Waals surface area contributed by atoms with Crippen molar-refractivity contribution in [2.24, 2.45) is 0 Å². The molecule has 4 heteroatoms. The first-order chi connectivity index (χ1) is 5.68. The van der Waals surface area contributed by atoms with E-state index in [-0.39, 0.29) is 0 Å². The molecule has 2 rings (SSSR count). The molecule has 1 aromatic rings. The van der Waals surface area contributed by atoms with Crippen molar-refractivity contribution in [3.05, 3.63) is 16.1 Å². The summed E-state index contributed by atoms with van der Waals surface area (Å²) in [7, 11) is 0. The zero-order valence-electron chi connectivity index (χ0n) is 7.00. The molecule has 0 aliphatic carbocycles. The SMILES string of the molecule is Cc1ncc(CC2(O)CNC2)s1. The Labute approximate surface area is 75.5 Å². The number of β-amino-alcohol motifs (C(OH)–C–C–N with tert-alkyl or cyclic N) is 1. The maximum Gasteiger partial charge on any atom is 0.0943 e. The third-order valence-corrected chi connectivity index (χ3v) is 2.99. The predicted octanol–water partition coefficient (Wildman–Crippen LogP) is 0.328. The van der Waals surface area contributed by atoms with E-state index >= 15 is 0 Å². The van der Waals surface area contributed by atoms with Crippen molar-refractivity contribution < 1.29 is 5.11 Å². The van der Waals surface area contributed by atoms with Gasteiger partial charge in [-0.05, 0) is 6.92 Å². The molecule has 0 saturated carbocycles. The number of nitrogens with one attached hydrogen (secondary N) is 1. The van der Waals surface area contributed by atoms with E-state index in [2.05, 4.69) is 10.3 Å². The fourth-order valence-electron chi connectivity index (χ4n) is 1.35. The maximum atomic E-state index is 9.79. The fraction of sp³-hybridized carbons (Fsp3) is 0.625. The maximum absolute atomic E-state index is 9.79. The topological polar surface area (TPSA) is 45.2 Å². The lowest BCUT2D eigenvalue weighted by molar-refractivity contribution is -0.00837. The summed E-state index contributed by atoms with van der Waals surface area (Å²) in [5, 5.41) is 13.9. The monoisotopic (exact) mass is 184 g/mol. The summed E-state index contributed by atoms with van der Waals surface area (Å²) in [4.78, 5) is 5.32. The molecule has 0 unspecified atom stereocenters. The molecule has 12 heavy (non-hydrogen) atoms. The second kappa shape index (κ2) is 2.80. The summed E-state index contributed by atoms with van der Waals surface area (Å²) in [6, 6.07) is 0. The van der Waals surface area contributed by atoms with Gasteiger partial charge in [-0.25, -0.2) is 4.98 Å². The molecular formula is C8H12N2OS. The van der Waals surface area contributed by atoms with Gasteiger partial charge in [-0.1, -0.05) is 0 Å². The number of rotatable bonds is 2. The Kier molecular flexibility index (Phi) is 1.90. The van der Waals surface area contributed by atoms with Crippen LogP contribution in [0.1, 0.15) is 9.88 Å². The smallest absolute Gasteiger partial charge is 0.0943 e. The highest BCUT2D eigenvalue weighted by Gasteiger charge is 2.34. The Morgan fingerprint density at radius 3 is 2.92 bits per heavy atom. The molecule has 0 spiro atoms. The van der Waals surface area contributed by atoms with E-state index in [4.69, 9.17) is 0 Å². The van der Waals surface area contributed by atoms with Crippen LogP contribution in [0.15, 0.2) is 6.20 Å². The predicted molar refractivity (Wildman–Crippen MR) is 48.4 cm³/mol. The van der Waals surface area contributed by atoms with Gasteiger partial charge in [0.2, 0.25) is 0 Å². The highest BCUT2D eigenvalue weighted by molar-refractivity contribution is 7.11. The molecule has 0 atom stereocenters. The molecule has 0 bridgehead atoms. The fourth-order valence-corrected chi connectivity index (χ4v) is 2.28. The van der Waals surface area contributed by atoms with Crippen LogP contribution in [0.3, 0.4) is 0 Å². The number of nitrogens with zero attached hydrogens (tertiary/aromatic N) is 1. The van der Waals surface area contributed by atoms with Gasteiger partial charge in [0.05, 0.1) is 10.6 Å². The number of aliphatic hydroxyl groups is 1. The second-order valence-electron chi connectivity index (χ2n) is 3.35. The summed E-state index contributed by atoms with van der Waals surface area (Å²) < 4.78 is 0. The summed E-state index contributed by atoms with van der Waals surface area (Å²) in [5.41, 5.74) is -0.501. The normalized spacial score (nSPS) is 20.5. The summed E-state index contributed by atoms with van der Waals surface area (Å²) in [6.45, 7) is 3.41. The first-order valence-electron chi connectivity index (χ1n) is 4.02. The van der Waals surface area contributed by atoms with Crippen LogP contribution in [0.2, 0.25) is 0 Å². The number of aromatic nitrogens is 1. The van der Waals surface area contributed by atoms with E-state index in [1.54, 1.807) is 11.3 Å². The number of hydrogen-bond donors (Lipinski definition) is 2. The van der Waals surface area contributed by atoms with Crippen molar-refractivity contribution in [3.8, 4) is 0 Å². The van der Waals surface area contributed by atoms with E-state index < -0.39 is 5.60 Å². The standard InChI is InChI=1S/C8H12N2OS/c1-6-10-3-7(12-6)2-8(11)4-9-5-8/h3,9,11H,2,4-5H2,1H3. The molecule has 0 amide bonds. The lowest BCUT2D eigenvalue weighted by Crippen LogP contribution is -2.60. The molecular weight excluding hydrogens is 172 g/mol. The van der Waals surface area contributed by atoms with Gasteiger partial charge < -0.3 is 10.4 Å². The first-order valence-corrected chi connectivity index (χ1v) is 4.84. The van der Waals surface area contributed by atoms with Gasteiger partial charge in [-0.15, -0.1) is 11.3 Å². The summed E-state index contributed by atoms with van der Waals surface area (Å²) >= 11 is 1.66. The lowest BCUT2D eigenvalue weighted by Gasteiger charge is -2.37. The van der Waals surface area contributed by atoms with E-state index in [9.17, 15) is 5.11 Å².